The molecular weight excluding hydrogens is 182 g/mol. The van der Waals surface area contributed by atoms with E-state index in [4.69, 9.17) is 11.5 Å². The van der Waals surface area contributed by atoms with E-state index in [1.807, 2.05) is 0 Å². The van der Waals surface area contributed by atoms with Crippen molar-refractivity contribution in [3.63, 3.8) is 0 Å². The van der Waals surface area contributed by atoms with E-state index in [0.29, 0.717) is 5.82 Å². The van der Waals surface area contributed by atoms with Crippen molar-refractivity contribution >= 4 is 11.9 Å². The third-order valence-corrected chi connectivity index (χ3v) is 1.72. The lowest BCUT2D eigenvalue weighted by Gasteiger charge is -2.01. The molecule has 0 amide bonds. The van der Waals surface area contributed by atoms with E-state index in [1.165, 1.54) is 0 Å². The molecule has 0 radical (unpaired) electrons. The number of hydrogen-bond donors (Lipinski definition) is 2. The lowest BCUT2D eigenvalue weighted by Crippen LogP contribution is -2.06. The summed E-state index contributed by atoms with van der Waals surface area (Å²) >= 11 is 0. The van der Waals surface area contributed by atoms with E-state index in [-0.39, 0.29) is 11.9 Å². The fourth-order valence-electron chi connectivity index (χ4n) is 1.12. The van der Waals surface area contributed by atoms with Crippen LogP contribution in [0.25, 0.3) is 11.5 Å². The van der Waals surface area contributed by atoms with E-state index >= 15 is 0 Å². The maximum Gasteiger partial charge on any atom is 0.225 e. The molecule has 0 unspecified atom stereocenters. The third kappa shape index (κ3) is 1.35. The zero-order valence-corrected chi connectivity index (χ0v) is 7.55. The molecule has 0 saturated heterocycles. The first-order valence-electron chi connectivity index (χ1n) is 3.92. The molecule has 0 atom stereocenters. The molecule has 7 nitrogen and oxygen atoms in total. The normalized spacial score (nSPS) is 10.4. The number of anilines is 2. The molecule has 2 aromatic rings. The first-order chi connectivity index (χ1) is 6.66. The standard InChI is InChI=1S/C7H9N7/c1-14-4(2-3-10-14)5-11-6(8)13-7(9)12-5/h2-3H,1H3,(H4,8,9,11,12,13). The molecule has 0 fully saturated rings. The van der Waals surface area contributed by atoms with Crippen LogP contribution < -0.4 is 11.5 Å². The SMILES string of the molecule is Cn1nccc1-c1nc(N)nc(N)n1. The number of aryl methyl sites for hydroxylation is 1. The van der Waals surface area contributed by atoms with E-state index < -0.39 is 0 Å². The van der Waals surface area contributed by atoms with Crippen LogP contribution in [0.1, 0.15) is 0 Å². The van der Waals surface area contributed by atoms with E-state index in [0.717, 1.165) is 5.69 Å². The van der Waals surface area contributed by atoms with Gasteiger partial charge in [0, 0.05) is 13.2 Å². The van der Waals surface area contributed by atoms with Gasteiger partial charge in [-0.1, -0.05) is 0 Å². The fraction of sp³-hybridized carbons (Fsp3) is 0.143. The van der Waals surface area contributed by atoms with Gasteiger partial charge in [0.15, 0.2) is 5.82 Å². The minimum atomic E-state index is 0.105. The van der Waals surface area contributed by atoms with Gasteiger partial charge >= 0.3 is 0 Å². The Balaban J connectivity index is 2.57. The van der Waals surface area contributed by atoms with Crippen LogP contribution in [0.5, 0.6) is 0 Å². The Kier molecular flexibility index (Phi) is 1.77. The number of nitrogen functional groups attached to an aromatic ring is 2. The molecule has 0 aliphatic carbocycles. The largest absolute Gasteiger partial charge is 0.368 e. The Bertz CT molecular complexity index is 441. The van der Waals surface area contributed by atoms with Gasteiger partial charge in [-0.15, -0.1) is 0 Å². The van der Waals surface area contributed by atoms with Crippen LogP contribution >= 0.6 is 0 Å². The summed E-state index contributed by atoms with van der Waals surface area (Å²) in [5.74, 6) is 0.636. The number of nitrogens with two attached hydrogens (primary N) is 2. The van der Waals surface area contributed by atoms with Crippen molar-refractivity contribution in [1.29, 1.82) is 0 Å². The monoisotopic (exact) mass is 191 g/mol. The highest BCUT2D eigenvalue weighted by molar-refractivity contribution is 5.52. The van der Waals surface area contributed by atoms with Crippen molar-refractivity contribution in [2.24, 2.45) is 7.05 Å². The summed E-state index contributed by atoms with van der Waals surface area (Å²) in [6.07, 6.45) is 1.64. The van der Waals surface area contributed by atoms with Crippen LogP contribution in [-0.2, 0) is 7.05 Å². The quantitative estimate of drug-likeness (QED) is 0.625. The summed E-state index contributed by atoms with van der Waals surface area (Å²) in [5, 5.41) is 3.99. The minimum Gasteiger partial charge on any atom is -0.368 e. The third-order valence-electron chi connectivity index (χ3n) is 1.72. The first kappa shape index (κ1) is 8.42. The molecule has 0 saturated carbocycles. The molecule has 4 N–H and O–H groups in total. The molecular formula is C7H9N7. The van der Waals surface area contributed by atoms with Crippen LogP contribution in [-0.4, -0.2) is 24.7 Å². The van der Waals surface area contributed by atoms with Crippen LogP contribution in [0.3, 0.4) is 0 Å². The summed E-state index contributed by atoms with van der Waals surface area (Å²) in [7, 11) is 1.78. The van der Waals surface area contributed by atoms with Gasteiger partial charge < -0.3 is 11.5 Å². The highest BCUT2D eigenvalue weighted by atomic mass is 15.3. The van der Waals surface area contributed by atoms with E-state index in [1.54, 1.807) is 24.0 Å². The Morgan fingerprint density at radius 2 is 1.79 bits per heavy atom. The molecule has 0 aliphatic rings. The molecule has 0 spiro atoms. The van der Waals surface area contributed by atoms with Crippen molar-refractivity contribution in [3.8, 4) is 11.5 Å². The Morgan fingerprint density at radius 3 is 2.29 bits per heavy atom. The highest BCUT2D eigenvalue weighted by Crippen LogP contribution is 2.13. The van der Waals surface area contributed by atoms with Crippen molar-refractivity contribution in [2.75, 3.05) is 11.5 Å². The van der Waals surface area contributed by atoms with Gasteiger partial charge in [0.25, 0.3) is 0 Å². The van der Waals surface area contributed by atoms with Crippen molar-refractivity contribution in [2.45, 2.75) is 0 Å². The number of nitrogens with zero attached hydrogens (tertiary/aromatic N) is 5. The second-order valence-electron chi connectivity index (χ2n) is 2.72. The second-order valence-corrected chi connectivity index (χ2v) is 2.72. The average molecular weight is 191 g/mol. The summed E-state index contributed by atoms with van der Waals surface area (Å²) in [6, 6.07) is 1.77. The molecule has 0 aliphatic heterocycles. The Labute approximate surface area is 79.8 Å². The lowest BCUT2D eigenvalue weighted by molar-refractivity contribution is 0.769. The van der Waals surface area contributed by atoms with Crippen LogP contribution in [0.2, 0.25) is 0 Å². The summed E-state index contributed by atoms with van der Waals surface area (Å²) in [4.78, 5) is 11.6. The zero-order chi connectivity index (χ0) is 10.1. The molecule has 72 valence electrons. The van der Waals surface area contributed by atoms with Gasteiger partial charge in [-0.25, -0.2) is 0 Å². The van der Waals surface area contributed by atoms with Gasteiger partial charge in [-0.3, -0.25) is 4.68 Å². The molecule has 7 heteroatoms. The fourth-order valence-corrected chi connectivity index (χ4v) is 1.12. The molecule has 2 heterocycles. The zero-order valence-electron chi connectivity index (χ0n) is 7.55. The Morgan fingerprint density at radius 1 is 1.14 bits per heavy atom. The lowest BCUT2D eigenvalue weighted by atomic mass is 10.4. The maximum atomic E-state index is 5.44. The smallest absolute Gasteiger partial charge is 0.225 e. The molecule has 2 rings (SSSR count). The van der Waals surface area contributed by atoms with Crippen molar-refractivity contribution in [1.82, 2.24) is 24.7 Å². The molecule has 2 aromatic heterocycles. The van der Waals surface area contributed by atoms with Crippen molar-refractivity contribution in [3.05, 3.63) is 12.3 Å². The van der Waals surface area contributed by atoms with E-state index in [9.17, 15) is 0 Å². The predicted octanol–water partition coefficient (Wildman–Crippen LogP) is -0.564. The topological polar surface area (TPSA) is 109 Å². The second kappa shape index (κ2) is 2.95. The Hall–Kier alpha value is -2.18. The summed E-state index contributed by atoms with van der Waals surface area (Å²) < 4.78 is 1.63. The van der Waals surface area contributed by atoms with Gasteiger partial charge in [-0.05, 0) is 6.07 Å². The number of aromatic nitrogens is 5. The number of rotatable bonds is 1. The number of hydrogen-bond acceptors (Lipinski definition) is 6. The molecule has 14 heavy (non-hydrogen) atoms. The van der Waals surface area contributed by atoms with Gasteiger partial charge in [-0.2, -0.15) is 20.1 Å². The van der Waals surface area contributed by atoms with Gasteiger partial charge in [0.1, 0.15) is 5.69 Å². The first-order valence-corrected chi connectivity index (χ1v) is 3.92. The molecule has 0 bridgehead atoms. The predicted molar refractivity (Wildman–Crippen MR) is 50.9 cm³/mol. The van der Waals surface area contributed by atoms with Gasteiger partial charge in [0.2, 0.25) is 11.9 Å². The maximum absolute atomic E-state index is 5.44. The van der Waals surface area contributed by atoms with Crippen LogP contribution in [0, 0.1) is 0 Å². The van der Waals surface area contributed by atoms with Crippen LogP contribution in [0.4, 0.5) is 11.9 Å². The molecule has 0 aromatic carbocycles. The van der Waals surface area contributed by atoms with Gasteiger partial charge in [0.05, 0.1) is 0 Å². The average Bonchev–Trinajstić information content (AvgIpc) is 2.49. The highest BCUT2D eigenvalue weighted by Gasteiger charge is 2.07. The summed E-state index contributed by atoms with van der Waals surface area (Å²) in [6.45, 7) is 0. The van der Waals surface area contributed by atoms with E-state index in [2.05, 4.69) is 20.1 Å². The minimum absolute atomic E-state index is 0.105. The van der Waals surface area contributed by atoms with Crippen LogP contribution in [0.15, 0.2) is 12.3 Å². The summed E-state index contributed by atoms with van der Waals surface area (Å²) in [5.41, 5.74) is 11.6. The van der Waals surface area contributed by atoms with Crippen molar-refractivity contribution < 1.29 is 0 Å².